The smallest absolute Gasteiger partial charge is 0.254 e. The SMILES string of the molecule is CN(Cc1cccc(Cl)c1)C(=O)c1csc(S(N)(=O)=O)c1. The zero-order chi connectivity index (χ0) is 15.6. The van der Waals surface area contributed by atoms with Gasteiger partial charge in [-0.25, -0.2) is 13.6 Å². The summed E-state index contributed by atoms with van der Waals surface area (Å²) < 4.78 is 22.4. The molecule has 112 valence electrons. The lowest BCUT2D eigenvalue weighted by atomic mass is 10.2. The van der Waals surface area contributed by atoms with E-state index in [2.05, 4.69) is 0 Å². The summed E-state index contributed by atoms with van der Waals surface area (Å²) in [6.07, 6.45) is 0. The molecule has 0 saturated carbocycles. The van der Waals surface area contributed by atoms with Crippen molar-refractivity contribution < 1.29 is 13.2 Å². The van der Waals surface area contributed by atoms with Crippen LogP contribution in [0, 0.1) is 0 Å². The highest BCUT2D eigenvalue weighted by Crippen LogP contribution is 2.20. The molecule has 1 amide bonds. The summed E-state index contributed by atoms with van der Waals surface area (Å²) in [6, 6.07) is 8.48. The average Bonchev–Trinajstić information content (AvgIpc) is 2.87. The molecule has 0 fully saturated rings. The Labute approximate surface area is 132 Å². The van der Waals surface area contributed by atoms with Gasteiger partial charge in [-0.15, -0.1) is 11.3 Å². The summed E-state index contributed by atoms with van der Waals surface area (Å²) >= 11 is 6.83. The van der Waals surface area contributed by atoms with Gasteiger partial charge in [0.2, 0.25) is 10.0 Å². The van der Waals surface area contributed by atoms with E-state index in [1.807, 2.05) is 6.07 Å². The van der Waals surface area contributed by atoms with Crippen molar-refractivity contribution in [1.82, 2.24) is 4.90 Å². The molecule has 0 saturated heterocycles. The minimum Gasteiger partial charge on any atom is -0.337 e. The summed E-state index contributed by atoms with van der Waals surface area (Å²) in [5, 5.41) is 7.11. The number of hydrogen-bond donors (Lipinski definition) is 1. The Morgan fingerprint density at radius 3 is 2.67 bits per heavy atom. The molecular weight excluding hydrogens is 332 g/mol. The van der Waals surface area contributed by atoms with Crippen LogP contribution in [0.4, 0.5) is 0 Å². The summed E-state index contributed by atoms with van der Waals surface area (Å²) in [4.78, 5) is 13.7. The minimum absolute atomic E-state index is 0.0259. The van der Waals surface area contributed by atoms with E-state index in [9.17, 15) is 13.2 Å². The van der Waals surface area contributed by atoms with Gasteiger partial charge in [-0.05, 0) is 23.8 Å². The van der Waals surface area contributed by atoms with E-state index in [1.54, 1.807) is 25.2 Å². The van der Waals surface area contributed by atoms with Crippen molar-refractivity contribution in [2.45, 2.75) is 10.8 Å². The average molecular weight is 345 g/mol. The van der Waals surface area contributed by atoms with Crippen molar-refractivity contribution in [3.63, 3.8) is 0 Å². The maximum Gasteiger partial charge on any atom is 0.254 e. The highest BCUT2D eigenvalue weighted by molar-refractivity contribution is 7.91. The third-order valence-electron chi connectivity index (χ3n) is 2.76. The number of carbonyl (C=O) groups is 1. The quantitative estimate of drug-likeness (QED) is 0.924. The first-order valence-corrected chi connectivity index (χ1v) is 8.69. The van der Waals surface area contributed by atoms with Gasteiger partial charge in [0.25, 0.3) is 5.91 Å². The van der Waals surface area contributed by atoms with E-state index in [-0.39, 0.29) is 10.1 Å². The zero-order valence-electron chi connectivity index (χ0n) is 11.1. The summed E-state index contributed by atoms with van der Waals surface area (Å²) in [7, 11) is -2.14. The number of nitrogens with two attached hydrogens (primary N) is 1. The Kier molecular flexibility index (Phi) is 4.67. The van der Waals surface area contributed by atoms with Crippen LogP contribution >= 0.6 is 22.9 Å². The van der Waals surface area contributed by atoms with Crippen molar-refractivity contribution in [2.75, 3.05) is 7.05 Å². The number of hydrogen-bond acceptors (Lipinski definition) is 4. The van der Waals surface area contributed by atoms with Crippen LogP contribution in [0.3, 0.4) is 0 Å². The number of thiophene rings is 1. The van der Waals surface area contributed by atoms with E-state index in [1.165, 1.54) is 16.3 Å². The number of benzene rings is 1. The Morgan fingerprint density at radius 1 is 1.38 bits per heavy atom. The van der Waals surface area contributed by atoms with Crippen LogP contribution < -0.4 is 5.14 Å². The lowest BCUT2D eigenvalue weighted by Gasteiger charge is -2.16. The number of amides is 1. The maximum atomic E-state index is 12.2. The fourth-order valence-electron chi connectivity index (χ4n) is 1.78. The standard InChI is InChI=1S/C13H13ClN2O3S2/c1-16(7-9-3-2-4-11(14)5-9)13(17)10-6-12(20-8-10)21(15,18)19/h2-6,8H,7H2,1H3,(H2,15,18,19). The molecule has 0 aliphatic rings. The van der Waals surface area contributed by atoms with Gasteiger partial charge in [-0.1, -0.05) is 23.7 Å². The van der Waals surface area contributed by atoms with E-state index in [0.717, 1.165) is 16.9 Å². The minimum atomic E-state index is -3.78. The van der Waals surface area contributed by atoms with Crippen LogP contribution in [0.15, 0.2) is 39.9 Å². The number of sulfonamides is 1. The monoisotopic (exact) mass is 344 g/mol. The second kappa shape index (κ2) is 6.15. The third-order valence-corrected chi connectivity index (χ3v) is 5.38. The molecule has 0 unspecified atom stereocenters. The molecule has 2 N–H and O–H groups in total. The predicted octanol–water partition coefficient (Wildman–Crippen LogP) is 2.32. The van der Waals surface area contributed by atoms with Crippen molar-refractivity contribution in [2.24, 2.45) is 5.14 Å². The Morgan fingerprint density at radius 2 is 2.10 bits per heavy atom. The van der Waals surface area contributed by atoms with Gasteiger partial charge in [-0.3, -0.25) is 4.79 Å². The van der Waals surface area contributed by atoms with E-state index < -0.39 is 10.0 Å². The molecule has 0 aliphatic carbocycles. The van der Waals surface area contributed by atoms with Crippen LogP contribution in [0.5, 0.6) is 0 Å². The van der Waals surface area contributed by atoms with Crippen molar-refractivity contribution >= 4 is 38.9 Å². The molecule has 0 bridgehead atoms. The molecular formula is C13H13ClN2O3S2. The third kappa shape index (κ3) is 4.04. The van der Waals surface area contributed by atoms with Crippen molar-refractivity contribution in [3.05, 3.63) is 51.9 Å². The Hall–Kier alpha value is -1.41. The Bertz CT molecular complexity index is 771. The van der Waals surface area contributed by atoms with Gasteiger partial charge in [0.1, 0.15) is 4.21 Å². The molecule has 0 aliphatic heterocycles. The van der Waals surface area contributed by atoms with Gasteiger partial charge in [0.05, 0.1) is 5.56 Å². The van der Waals surface area contributed by atoms with E-state index in [0.29, 0.717) is 17.1 Å². The molecule has 0 atom stereocenters. The van der Waals surface area contributed by atoms with Gasteiger partial charge in [0.15, 0.2) is 0 Å². The first kappa shape index (κ1) is 16.0. The number of carbonyl (C=O) groups excluding carboxylic acids is 1. The van der Waals surface area contributed by atoms with Crippen LogP contribution in [-0.4, -0.2) is 26.3 Å². The zero-order valence-corrected chi connectivity index (χ0v) is 13.5. The lowest BCUT2D eigenvalue weighted by molar-refractivity contribution is 0.0785. The fraction of sp³-hybridized carbons (Fsp3) is 0.154. The van der Waals surface area contributed by atoms with Crippen molar-refractivity contribution in [1.29, 1.82) is 0 Å². The lowest BCUT2D eigenvalue weighted by Crippen LogP contribution is -2.25. The first-order chi connectivity index (χ1) is 9.77. The number of rotatable bonds is 4. The largest absolute Gasteiger partial charge is 0.337 e. The highest BCUT2D eigenvalue weighted by atomic mass is 35.5. The molecule has 2 rings (SSSR count). The van der Waals surface area contributed by atoms with Crippen LogP contribution in [0.2, 0.25) is 5.02 Å². The number of halogens is 1. The molecule has 21 heavy (non-hydrogen) atoms. The van der Waals surface area contributed by atoms with Gasteiger partial charge in [0, 0.05) is 24.0 Å². The van der Waals surface area contributed by atoms with Gasteiger partial charge < -0.3 is 4.90 Å². The second-order valence-corrected chi connectivity index (χ2v) is 7.63. The maximum absolute atomic E-state index is 12.2. The summed E-state index contributed by atoms with van der Waals surface area (Å²) in [5.41, 5.74) is 1.19. The molecule has 1 aromatic heterocycles. The van der Waals surface area contributed by atoms with E-state index >= 15 is 0 Å². The highest BCUT2D eigenvalue weighted by Gasteiger charge is 2.18. The first-order valence-electron chi connectivity index (χ1n) is 5.88. The van der Waals surface area contributed by atoms with Gasteiger partial charge >= 0.3 is 0 Å². The Balaban J connectivity index is 2.14. The van der Waals surface area contributed by atoms with E-state index in [4.69, 9.17) is 16.7 Å². The molecule has 0 radical (unpaired) electrons. The van der Waals surface area contributed by atoms with Gasteiger partial charge in [-0.2, -0.15) is 0 Å². The number of primary sulfonamides is 1. The number of nitrogens with zero attached hydrogens (tertiary/aromatic N) is 1. The molecule has 1 heterocycles. The van der Waals surface area contributed by atoms with Crippen LogP contribution in [0.25, 0.3) is 0 Å². The molecule has 8 heteroatoms. The summed E-state index contributed by atoms with van der Waals surface area (Å²) in [6.45, 7) is 0.375. The van der Waals surface area contributed by atoms with Crippen molar-refractivity contribution in [3.8, 4) is 0 Å². The summed E-state index contributed by atoms with van der Waals surface area (Å²) in [5.74, 6) is -0.277. The molecule has 2 aromatic rings. The molecule has 1 aromatic carbocycles. The van der Waals surface area contributed by atoms with Crippen LogP contribution in [0.1, 0.15) is 15.9 Å². The second-order valence-electron chi connectivity index (χ2n) is 4.49. The topological polar surface area (TPSA) is 80.5 Å². The fourth-order valence-corrected chi connectivity index (χ4v) is 3.57. The van der Waals surface area contributed by atoms with Crippen LogP contribution in [-0.2, 0) is 16.6 Å². The molecule has 5 nitrogen and oxygen atoms in total. The normalized spacial score (nSPS) is 11.4. The predicted molar refractivity (Wildman–Crippen MR) is 82.9 cm³/mol. The molecule has 0 spiro atoms.